The zero-order valence-electron chi connectivity index (χ0n) is 18.1. The Morgan fingerprint density at radius 1 is 0.875 bits per heavy atom. The Hall–Kier alpha value is -3.31. The van der Waals surface area contributed by atoms with Gasteiger partial charge in [-0.3, -0.25) is 4.79 Å². The number of carbonyl (C=O) groups excluding carboxylic acids is 2. The first-order valence-corrected chi connectivity index (χ1v) is 11.1. The van der Waals surface area contributed by atoms with E-state index in [4.69, 9.17) is 9.72 Å². The number of aryl methyl sites for hydroxylation is 3. The molecule has 0 aliphatic rings. The molecule has 0 amide bonds. The molecule has 0 bridgehead atoms. The minimum atomic E-state index is -0.543. The molecular weight excluding hydrogens is 466 g/mol. The predicted molar refractivity (Wildman–Crippen MR) is 130 cm³/mol. The molecule has 0 saturated carbocycles. The molecule has 0 saturated heterocycles. The lowest BCUT2D eigenvalue weighted by Crippen LogP contribution is -2.15. The number of pyridine rings is 1. The molecule has 0 radical (unpaired) electrons. The molecule has 0 aliphatic carbocycles. The molecule has 3 aromatic carbocycles. The van der Waals surface area contributed by atoms with Crippen LogP contribution < -0.4 is 0 Å². The Labute approximate surface area is 195 Å². The monoisotopic (exact) mass is 487 g/mol. The Morgan fingerprint density at radius 2 is 1.62 bits per heavy atom. The Bertz CT molecular complexity index is 1340. The lowest BCUT2D eigenvalue weighted by atomic mass is 10.0. The topological polar surface area (TPSA) is 56.3 Å². The fourth-order valence-corrected chi connectivity index (χ4v) is 3.75. The first kappa shape index (κ1) is 21.9. The average molecular weight is 488 g/mol. The van der Waals surface area contributed by atoms with Crippen LogP contribution in [0.4, 0.5) is 0 Å². The normalized spacial score (nSPS) is 10.9. The van der Waals surface area contributed by atoms with E-state index in [1.165, 1.54) is 0 Å². The van der Waals surface area contributed by atoms with E-state index in [0.29, 0.717) is 27.7 Å². The van der Waals surface area contributed by atoms with Crippen LogP contribution in [0.1, 0.15) is 37.4 Å². The summed E-state index contributed by atoms with van der Waals surface area (Å²) < 4.78 is 6.41. The molecule has 4 aromatic rings. The van der Waals surface area contributed by atoms with Crippen LogP contribution in [0.15, 0.2) is 71.2 Å². The highest BCUT2D eigenvalue weighted by atomic mass is 79.9. The van der Waals surface area contributed by atoms with Crippen molar-refractivity contribution >= 4 is 38.6 Å². The number of fused-ring (bicyclic) bond motifs is 1. The summed E-state index contributed by atoms with van der Waals surface area (Å²) in [6.45, 7) is 5.58. The van der Waals surface area contributed by atoms with Gasteiger partial charge in [-0.2, -0.15) is 0 Å². The van der Waals surface area contributed by atoms with Crippen molar-refractivity contribution in [2.75, 3.05) is 6.61 Å². The van der Waals surface area contributed by atoms with E-state index < -0.39 is 5.97 Å². The fourth-order valence-electron chi connectivity index (χ4n) is 3.48. The van der Waals surface area contributed by atoms with Crippen molar-refractivity contribution in [3.63, 3.8) is 0 Å². The van der Waals surface area contributed by atoms with Crippen LogP contribution in [0.2, 0.25) is 0 Å². The molecule has 0 spiro atoms. The standard InChI is InChI=1S/C27H22BrNO3/c1-16-4-11-24-22(12-16)23(14-25(29-24)19-7-9-21(28)10-8-19)27(31)32-15-26(30)20-6-5-17(2)18(3)13-20/h4-14H,15H2,1-3H3. The average Bonchev–Trinajstić information content (AvgIpc) is 2.79. The van der Waals surface area contributed by atoms with Crippen molar-refractivity contribution < 1.29 is 14.3 Å². The van der Waals surface area contributed by atoms with Gasteiger partial charge in [-0.25, -0.2) is 9.78 Å². The van der Waals surface area contributed by atoms with Crippen molar-refractivity contribution in [2.24, 2.45) is 0 Å². The third-order valence-corrected chi connectivity index (χ3v) is 6.02. The molecule has 4 nitrogen and oxygen atoms in total. The highest BCUT2D eigenvalue weighted by Gasteiger charge is 2.18. The minimum Gasteiger partial charge on any atom is -0.454 e. The molecule has 32 heavy (non-hydrogen) atoms. The molecule has 0 aliphatic heterocycles. The fraction of sp³-hybridized carbons (Fsp3) is 0.148. The summed E-state index contributed by atoms with van der Waals surface area (Å²) in [5.41, 5.74) is 6.32. The van der Waals surface area contributed by atoms with Crippen LogP contribution in [-0.2, 0) is 4.74 Å². The van der Waals surface area contributed by atoms with Crippen LogP contribution in [-0.4, -0.2) is 23.3 Å². The summed E-state index contributed by atoms with van der Waals surface area (Å²) >= 11 is 3.44. The Kier molecular flexibility index (Phi) is 6.19. The van der Waals surface area contributed by atoms with E-state index in [0.717, 1.165) is 26.7 Å². The molecule has 0 fully saturated rings. The second kappa shape index (κ2) is 9.05. The molecule has 5 heteroatoms. The molecule has 160 valence electrons. The smallest absolute Gasteiger partial charge is 0.339 e. The first-order valence-electron chi connectivity index (χ1n) is 10.3. The van der Waals surface area contributed by atoms with Crippen molar-refractivity contribution in [1.82, 2.24) is 4.98 Å². The zero-order valence-corrected chi connectivity index (χ0v) is 19.7. The molecule has 0 unspecified atom stereocenters. The molecule has 0 atom stereocenters. The Morgan fingerprint density at radius 3 is 2.34 bits per heavy atom. The summed E-state index contributed by atoms with van der Waals surface area (Å²) in [4.78, 5) is 30.4. The molecule has 0 N–H and O–H groups in total. The van der Waals surface area contributed by atoms with Crippen molar-refractivity contribution in [3.05, 3.63) is 99.0 Å². The van der Waals surface area contributed by atoms with Crippen LogP contribution in [0.3, 0.4) is 0 Å². The van der Waals surface area contributed by atoms with Gasteiger partial charge in [0.05, 0.1) is 16.8 Å². The second-order valence-electron chi connectivity index (χ2n) is 7.88. The number of benzene rings is 3. The third kappa shape index (κ3) is 4.63. The van der Waals surface area contributed by atoms with E-state index in [2.05, 4.69) is 15.9 Å². The quantitative estimate of drug-likeness (QED) is 0.234. The Balaban J connectivity index is 1.66. The van der Waals surface area contributed by atoms with Gasteiger partial charge in [0.2, 0.25) is 0 Å². The van der Waals surface area contributed by atoms with Crippen molar-refractivity contribution in [2.45, 2.75) is 20.8 Å². The zero-order chi connectivity index (χ0) is 22.8. The number of ketones is 1. The summed E-state index contributed by atoms with van der Waals surface area (Å²) in [6, 6.07) is 20.7. The minimum absolute atomic E-state index is 0.232. The van der Waals surface area contributed by atoms with Crippen molar-refractivity contribution in [3.8, 4) is 11.3 Å². The van der Waals surface area contributed by atoms with E-state index in [9.17, 15) is 9.59 Å². The summed E-state index contributed by atoms with van der Waals surface area (Å²) in [7, 11) is 0. The number of halogens is 1. The SMILES string of the molecule is Cc1ccc2nc(-c3ccc(Br)cc3)cc(C(=O)OCC(=O)c3ccc(C)c(C)c3)c2c1. The number of hydrogen-bond acceptors (Lipinski definition) is 4. The number of ether oxygens (including phenoxy) is 1. The van der Waals surface area contributed by atoms with Gasteiger partial charge in [-0.15, -0.1) is 0 Å². The van der Waals surface area contributed by atoms with Gasteiger partial charge in [-0.05, 0) is 68.3 Å². The van der Waals surface area contributed by atoms with E-state index in [1.807, 2.05) is 75.4 Å². The summed E-state index contributed by atoms with van der Waals surface area (Å²) in [5, 5.41) is 0.703. The molecule has 1 heterocycles. The van der Waals surface area contributed by atoms with E-state index in [1.54, 1.807) is 12.1 Å². The van der Waals surface area contributed by atoms with E-state index >= 15 is 0 Å². The van der Waals surface area contributed by atoms with Gasteiger partial charge in [0.15, 0.2) is 12.4 Å². The highest BCUT2D eigenvalue weighted by molar-refractivity contribution is 9.10. The predicted octanol–water partition coefficient (Wildman–Crippen LogP) is 6.63. The van der Waals surface area contributed by atoms with Gasteiger partial charge >= 0.3 is 5.97 Å². The van der Waals surface area contributed by atoms with Gasteiger partial charge in [0, 0.05) is 21.0 Å². The summed E-state index contributed by atoms with van der Waals surface area (Å²) in [6.07, 6.45) is 0. The number of Topliss-reactive ketones (excluding diaryl/α,β-unsaturated/α-hetero) is 1. The lowest BCUT2D eigenvalue weighted by molar-refractivity contribution is 0.0476. The maximum atomic E-state index is 13.1. The van der Waals surface area contributed by atoms with Gasteiger partial charge in [0.1, 0.15) is 0 Å². The van der Waals surface area contributed by atoms with Crippen LogP contribution in [0, 0.1) is 20.8 Å². The highest BCUT2D eigenvalue weighted by Crippen LogP contribution is 2.27. The third-order valence-electron chi connectivity index (χ3n) is 5.49. The van der Waals surface area contributed by atoms with Gasteiger partial charge in [0.25, 0.3) is 0 Å². The lowest BCUT2D eigenvalue weighted by Gasteiger charge is -2.11. The van der Waals surface area contributed by atoms with Gasteiger partial charge < -0.3 is 4.74 Å². The second-order valence-corrected chi connectivity index (χ2v) is 8.80. The number of aromatic nitrogens is 1. The van der Waals surface area contributed by atoms with Crippen LogP contribution in [0.5, 0.6) is 0 Å². The number of rotatable bonds is 5. The van der Waals surface area contributed by atoms with Crippen molar-refractivity contribution in [1.29, 1.82) is 0 Å². The van der Waals surface area contributed by atoms with Crippen LogP contribution in [0.25, 0.3) is 22.2 Å². The number of hydrogen-bond donors (Lipinski definition) is 0. The molecular formula is C27H22BrNO3. The molecule has 4 rings (SSSR count). The summed E-state index contributed by atoms with van der Waals surface area (Å²) in [5.74, 6) is -0.775. The maximum absolute atomic E-state index is 13.1. The molecule has 1 aromatic heterocycles. The number of esters is 1. The maximum Gasteiger partial charge on any atom is 0.339 e. The number of nitrogens with zero attached hydrogens (tertiary/aromatic N) is 1. The van der Waals surface area contributed by atoms with Crippen LogP contribution >= 0.6 is 15.9 Å². The van der Waals surface area contributed by atoms with E-state index in [-0.39, 0.29) is 12.4 Å². The largest absolute Gasteiger partial charge is 0.454 e. The van der Waals surface area contributed by atoms with Gasteiger partial charge in [-0.1, -0.05) is 51.8 Å². The number of carbonyl (C=O) groups is 2. The first-order chi connectivity index (χ1) is 15.3.